The number of alkyl halides is 1. The summed E-state index contributed by atoms with van der Waals surface area (Å²) in [6.45, 7) is 8.11. The van der Waals surface area contributed by atoms with Crippen LogP contribution in [0.1, 0.15) is 38.3 Å². The zero-order chi connectivity index (χ0) is 14.0. The summed E-state index contributed by atoms with van der Waals surface area (Å²) < 4.78 is 14.1. The molecule has 0 spiro atoms. The van der Waals surface area contributed by atoms with Gasteiger partial charge in [0.25, 0.3) is 0 Å². The summed E-state index contributed by atoms with van der Waals surface area (Å²) in [5.41, 5.74) is 2.50. The van der Waals surface area contributed by atoms with Crippen molar-refractivity contribution in [1.29, 1.82) is 0 Å². The van der Waals surface area contributed by atoms with Gasteiger partial charge in [0.2, 0.25) is 0 Å². The van der Waals surface area contributed by atoms with Gasteiger partial charge in [-0.25, -0.2) is 4.39 Å². The molecule has 3 heteroatoms. The molecule has 0 saturated carbocycles. The maximum absolute atomic E-state index is 14.1. The molecule has 106 valence electrons. The molecule has 0 unspecified atom stereocenters. The van der Waals surface area contributed by atoms with Crippen molar-refractivity contribution in [2.75, 3.05) is 20.1 Å². The molecule has 1 fully saturated rings. The second-order valence-electron chi connectivity index (χ2n) is 6.86. The zero-order valence-electron chi connectivity index (χ0n) is 12.5. The third-order valence-corrected chi connectivity index (χ3v) is 4.04. The third kappa shape index (κ3) is 3.75. The Labute approximate surface area is 116 Å². The van der Waals surface area contributed by atoms with Gasteiger partial charge < -0.3 is 4.90 Å². The van der Waals surface area contributed by atoms with Crippen LogP contribution in [0.3, 0.4) is 0 Å². The van der Waals surface area contributed by atoms with Crippen LogP contribution in [-0.2, 0) is 11.8 Å². The first-order chi connectivity index (χ1) is 8.86. The predicted octanol–water partition coefficient (Wildman–Crippen LogP) is 3.21. The van der Waals surface area contributed by atoms with Gasteiger partial charge in [-0.05, 0) is 48.9 Å². The van der Waals surface area contributed by atoms with Gasteiger partial charge in [0, 0.05) is 18.9 Å². The average Bonchev–Trinajstić information content (AvgIpc) is 2.32. The minimum atomic E-state index is -0.711. The second-order valence-corrected chi connectivity index (χ2v) is 6.86. The predicted molar refractivity (Wildman–Crippen MR) is 77.1 cm³/mol. The second kappa shape index (κ2) is 5.58. The van der Waals surface area contributed by atoms with Crippen LogP contribution in [-0.4, -0.2) is 36.2 Å². The van der Waals surface area contributed by atoms with Crippen molar-refractivity contribution in [3.63, 3.8) is 0 Å². The molecule has 1 saturated heterocycles. The number of hydrogen-bond donors (Lipinski definition) is 0. The minimum Gasteiger partial charge on any atom is -0.303 e. The molecule has 0 N–H and O–H groups in total. The Kier molecular flexibility index (Phi) is 4.24. The summed E-state index contributed by atoms with van der Waals surface area (Å²) >= 11 is 0. The van der Waals surface area contributed by atoms with E-state index in [4.69, 9.17) is 0 Å². The number of halogens is 1. The lowest BCUT2D eigenvalue weighted by atomic mass is 9.85. The molecule has 0 aliphatic carbocycles. The standard InChI is InChI=1S/C16H25FN2/c1-16(2,3)14-8-12(9-18-10-14)7-13-5-6-19(4)11-15(13)17/h8-10,13,15H,5-7,11H2,1-4H3/t13-,15-/m0/s1. The maximum Gasteiger partial charge on any atom is 0.116 e. The lowest BCUT2D eigenvalue weighted by Crippen LogP contribution is -2.40. The molecule has 1 aliphatic rings. The molecule has 1 aromatic heterocycles. The van der Waals surface area contributed by atoms with Gasteiger partial charge in [-0.1, -0.05) is 26.8 Å². The van der Waals surface area contributed by atoms with E-state index in [0.717, 1.165) is 19.4 Å². The fraction of sp³-hybridized carbons (Fsp3) is 0.688. The highest BCUT2D eigenvalue weighted by Crippen LogP contribution is 2.26. The van der Waals surface area contributed by atoms with E-state index in [0.29, 0.717) is 6.54 Å². The van der Waals surface area contributed by atoms with E-state index in [1.165, 1.54) is 11.1 Å². The number of aromatic nitrogens is 1. The van der Waals surface area contributed by atoms with E-state index in [-0.39, 0.29) is 11.3 Å². The largest absolute Gasteiger partial charge is 0.303 e. The quantitative estimate of drug-likeness (QED) is 0.815. The smallest absolute Gasteiger partial charge is 0.116 e. The van der Waals surface area contributed by atoms with E-state index in [1.807, 2.05) is 19.4 Å². The fourth-order valence-electron chi connectivity index (χ4n) is 2.65. The van der Waals surface area contributed by atoms with Crippen molar-refractivity contribution in [3.8, 4) is 0 Å². The lowest BCUT2D eigenvalue weighted by molar-refractivity contribution is 0.102. The van der Waals surface area contributed by atoms with Gasteiger partial charge in [-0.3, -0.25) is 4.98 Å². The zero-order valence-corrected chi connectivity index (χ0v) is 12.5. The fourth-order valence-corrected chi connectivity index (χ4v) is 2.65. The third-order valence-electron chi connectivity index (χ3n) is 4.04. The van der Waals surface area contributed by atoms with Crippen LogP contribution in [0, 0.1) is 5.92 Å². The maximum atomic E-state index is 14.1. The summed E-state index contributed by atoms with van der Waals surface area (Å²) in [6, 6.07) is 2.19. The van der Waals surface area contributed by atoms with Crippen LogP contribution >= 0.6 is 0 Å². The Morgan fingerprint density at radius 2 is 2.11 bits per heavy atom. The Hall–Kier alpha value is -0.960. The monoisotopic (exact) mass is 264 g/mol. The van der Waals surface area contributed by atoms with Crippen LogP contribution in [0.15, 0.2) is 18.5 Å². The van der Waals surface area contributed by atoms with Crippen molar-refractivity contribution < 1.29 is 4.39 Å². The first kappa shape index (κ1) is 14.4. The number of piperidine rings is 1. The molecule has 0 radical (unpaired) electrons. The highest BCUT2D eigenvalue weighted by atomic mass is 19.1. The van der Waals surface area contributed by atoms with E-state index >= 15 is 0 Å². The van der Waals surface area contributed by atoms with E-state index in [2.05, 4.69) is 36.7 Å². The molecule has 1 aliphatic heterocycles. The van der Waals surface area contributed by atoms with Crippen molar-refractivity contribution in [2.45, 2.75) is 45.2 Å². The Morgan fingerprint density at radius 1 is 1.37 bits per heavy atom. The summed E-state index contributed by atoms with van der Waals surface area (Å²) in [7, 11) is 1.99. The Morgan fingerprint density at radius 3 is 2.74 bits per heavy atom. The lowest BCUT2D eigenvalue weighted by Gasteiger charge is -2.32. The molecule has 2 atom stereocenters. The molecule has 19 heavy (non-hydrogen) atoms. The van der Waals surface area contributed by atoms with Crippen molar-refractivity contribution >= 4 is 0 Å². The van der Waals surface area contributed by atoms with E-state index in [9.17, 15) is 4.39 Å². The molecular formula is C16H25FN2. The number of nitrogens with zero attached hydrogens (tertiary/aromatic N) is 2. The van der Waals surface area contributed by atoms with Gasteiger partial charge in [0.15, 0.2) is 0 Å². The summed E-state index contributed by atoms with van der Waals surface area (Å²) in [5.74, 6) is 0.146. The average molecular weight is 264 g/mol. The number of rotatable bonds is 2. The molecule has 2 nitrogen and oxygen atoms in total. The normalized spacial score (nSPS) is 25.5. The first-order valence-electron chi connectivity index (χ1n) is 7.13. The molecule has 0 amide bonds. The molecule has 2 heterocycles. The van der Waals surface area contributed by atoms with E-state index < -0.39 is 6.17 Å². The summed E-state index contributed by atoms with van der Waals surface area (Å²) in [6.07, 6.45) is 4.85. The number of pyridine rings is 1. The van der Waals surface area contributed by atoms with E-state index in [1.54, 1.807) is 0 Å². The molecular weight excluding hydrogens is 239 g/mol. The Balaban J connectivity index is 2.07. The van der Waals surface area contributed by atoms with Crippen molar-refractivity contribution in [1.82, 2.24) is 9.88 Å². The van der Waals surface area contributed by atoms with Crippen molar-refractivity contribution in [3.05, 3.63) is 29.6 Å². The van der Waals surface area contributed by atoms with Crippen molar-refractivity contribution in [2.24, 2.45) is 5.92 Å². The summed E-state index contributed by atoms with van der Waals surface area (Å²) in [5, 5.41) is 0. The molecule has 1 aromatic rings. The highest BCUT2D eigenvalue weighted by molar-refractivity contribution is 5.24. The topological polar surface area (TPSA) is 16.1 Å². The van der Waals surface area contributed by atoms with Gasteiger partial charge in [0.1, 0.15) is 6.17 Å². The van der Waals surface area contributed by atoms with Crippen LogP contribution in [0.2, 0.25) is 0 Å². The number of hydrogen-bond acceptors (Lipinski definition) is 2. The van der Waals surface area contributed by atoms with Crippen LogP contribution in [0.25, 0.3) is 0 Å². The van der Waals surface area contributed by atoms with Crippen LogP contribution in [0.4, 0.5) is 4.39 Å². The van der Waals surface area contributed by atoms with Gasteiger partial charge in [-0.15, -0.1) is 0 Å². The summed E-state index contributed by atoms with van der Waals surface area (Å²) in [4.78, 5) is 6.40. The first-order valence-corrected chi connectivity index (χ1v) is 7.13. The number of likely N-dealkylation sites (tertiary alicyclic amines) is 1. The van der Waals surface area contributed by atoms with Gasteiger partial charge >= 0.3 is 0 Å². The molecule has 0 bridgehead atoms. The van der Waals surface area contributed by atoms with Crippen LogP contribution in [0.5, 0.6) is 0 Å². The minimum absolute atomic E-state index is 0.102. The van der Waals surface area contributed by atoms with Gasteiger partial charge in [0.05, 0.1) is 0 Å². The van der Waals surface area contributed by atoms with Crippen LogP contribution < -0.4 is 0 Å². The SMILES string of the molecule is CN1CC[C@@H](Cc2cncc(C(C)(C)C)c2)[C@@H](F)C1. The Bertz CT molecular complexity index is 425. The molecule has 2 rings (SSSR count). The van der Waals surface area contributed by atoms with Gasteiger partial charge in [-0.2, -0.15) is 0 Å². The molecule has 0 aromatic carbocycles. The highest BCUT2D eigenvalue weighted by Gasteiger charge is 2.27.